The van der Waals surface area contributed by atoms with Crippen molar-refractivity contribution in [2.75, 3.05) is 6.54 Å². The van der Waals surface area contributed by atoms with Crippen LogP contribution >= 0.6 is 0 Å². The van der Waals surface area contributed by atoms with E-state index in [1.54, 1.807) is 11.0 Å². The summed E-state index contributed by atoms with van der Waals surface area (Å²) in [6.07, 6.45) is 3.00. The molecule has 4 heteroatoms. The first-order chi connectivity index (χ1) is 9.70. The van der Waals surface area contributed by atoms with Gasteiger partial charge in [-0.1, -0.05) is 36.4 Å². The maximum absolute atomic E-state index is 12.2. The molecule has 0 aliphatic carbocycles. The number of carbonyl (C=O) groups excluding carboxylic acids is 1. The molecule has 108 valence electrons. The molecule has 1 heterocycles. The largest absolute Gasteiger partial charge is 0.445 e. The average Bonchev–Trinajstić information content (AvgIpc) is 2.46. The van der Waals surface area contributed by atoms with Gasteiger partial charge in [0.15, 0.2) is 0 Å². The van der Waals surface area contributed by atoms with Crippen LogP contribution in [-0.2, 0) is 11.3 Å². The van der Waals surface area contributed by atoms with Crippen molar-refractivity contribution in [2.24, 2.45) is 0 Å². The number of benzene rings is 1. The molecule has 20 heavy (non-hydrogen) atoms. The molecule has 0 aromatic heterocycles. The summed E-state index contributed by atoms with van der Waals surface area (Å²) in [5.41, 5.74) is 0.971. The molecule has 1 aromatic rings. The van der Waals surface area contributed by atoms with E-state index in [9.17, 15) is 9.90 Å². The lowest BCUT2D eigenvalue weighted by atomic mass is 9.97. The Hall–Kier alpha value is -1.81. The van der Waals surface area contributed by atoms with Gasteiger partial charge < -0.3 is 14.7 Å². The van der Waals surface area contributed by atoms with Crippen molar-refractivity contribution in [3.63, 3.8) is 0 Å². The van der Waals surface area contributed by atoms with E-state index in [1.807, 2.05) is 30.3 Å². The molecule has 1 saturated heterocycles. The van der Waals surface area contributed by atoms with E-state index in [0.717, 1.165) is 5.56 Å². The molecule has 4 nitrogen and oxygen atoms in total. The topological polar surface area (TPSA) is 49.8 Å². The highest BCUT2D eigenvalue weighted by molar-refractivity contribution is 5.68. The first-order valence-electron chi connectivity index (χ1n) is 6.97. The molecular weight excluding hydrogens is 254 g/mol. The van der Waals surface area contributed by atoms with Gasteiger partial charge in [0.25, 0.3) is 0 Å². The van der Waals surface area contributed by atoms with Gasteiger partial charge in [-0.05, 0) is 24.8 Å². The van der Waals surface area contributed by atoms with Crippen molar-refractivity contribution in [1.82, 2.24) is 4.90 Å². The Labute approximate surface area is 119 Å². The van der Waals surface area contributed by atoms with Crippen LogP contribution in [0.2, 0.25) is 0 Å². The van der Waals surface area contributed by atoms with Crippen molar-refractivity contribution in [1.29, 1.82) is 0 Å². The summed E-state index contributed by atoms with van der Waals surface area (Å²) in [6.45, 7) is 4.52. The van der Waals surface area contributed by atoms with E-state index < -0.39 is 0 Å². The summed E-state index contributed by atoms with van der Waals surface area (Å²) < 4.78 is 5.35. The SMILES string of the molecule is C=CC[C@H]1CC(O)CCN1C(=O)OCc1ccccc1. The number of amides is 1. The van der Waals surface area contributed by atoms with Crippen molar-refractivity contribution in [2.45, 2.75) is 38.0 Å². The number of rotatable bonds is 4. The molecule has 0 saturated carbocycles. The lowest BCUT2D eigenvalue weighted by molar-refractivity contribution is 0.0274. The second-order valence-electron chi connectivity index (χ2n) is 5.09. The highest BCUT2D eigenvalue weighted by Gasteiger charge is 2.30. The Bertz CT molecular complexity index is 446. The molecule has 1 unspecified atom stereocenters. The molecule has 1 N–H and O–H groups in total. The first kappa shape index (κ1) is 14.6. The minimum absolute atomic E-state index is 0.0143. The molecule has 1 amide bonds. The van der Waals surface area contributed by atoms with E-state index in [1.165, 1.54) is 0 Å². The van der Waals surface area contributed by atoms with Gasteiger partial charge in [0.05, 0.1) is 6.10 Å². The number of likely N-dealkylation sites (tertiary alicyclic amines) is 1. The Morgan fingerprint density at radius 3 is 2.90 bits per heavy atom. The molecule has 0 bridgehead atoms. The van der Waals surface area contributed by atoms with Gasteiger partial charge in [-0.3, -0.25) is 0 Å². The number of ether oxygens (including phenoxy) is 1. The summed E-state index contributed by atoms with van der Waals surface area (Å²) in [5.74, 6) is 0. The Morgan fingerprint density at radius 1 is 1.45 bits per heavy atom. The summed E-state index contributed by atoms with van der Waals surface area (Å²) in [5, 5.41) is 9.70. The minimum Gasteiger partial charge on any atom is -0.445 e. The maximum Gasteiger partial charge on any atom is 0.410 e. The van der Waals surface area contributed by atoms with Crippen LogP contribution in [0.1, 0.15) is 24.8 Å². The molecule has 1 aliphatic rings. The zero-order valence-electron chi connectivity index (χ0n) is 11.6. The zero-order valence-corrected chi connectivity index (χ0v) is 11.6. The van der Waals surface area contributed by atoms with Gasteiger partial charge in [-0.25, -0.2) is 4.79 Å². The Kier molecular flexibility index (Phi) is 5.18. The molecular formula is C16H21NO3. The van der Waals surface area contributed by atoms with Gasteiger partial charge >= 0.3 is 6.09 Å². The lowest BCUT2D eigenvalue weighted by Crippen LogP contribution is -2.47. The third-order valence-electron chi connectivity index (χ3n) is 3.57. The van der Waals surface area contributed by atoms with Gasteiger partial charge in [0, 0.05) is 12.6 Å². The number of piperidine rings is 1. The second-order valence-corrected chi connectivity index (χ2v) is 5.09. The number of hydrogen-bond donors (Lipinski definition) is 1. The third kappa shape index (κ3) is 3.84. The molecule has 1 aromatic carbocycles. The second kappa shape index (κ2) is 7.10. The summed E-state index contributed by atoms with van der Waals surface area (Å²) in [4.78, 5) is 13.9. The predicted molar refractivity (Wildman–Crippen MR) is 77.2 cm³/mol. The normalized spacial score (nSPS) is 22.4. The van der Waals surface area contributed by atoms with E-state index in [4.69, 9.17) is 4.74 Å². The molecule has 1 fully saturated rings. The van der Waals surface area contributed by atoms with Crippen molar-refractivity contribution in [3.05, 3.63) is 48.6 Å². The Morgan fingerprint density at radius 2 is 2.20 bits per heavy atom. The fourth-order valence-electron chi connectivity index (χ4n) is 2.49. The molecule has 0 spiro atoms. The average molecular weight is 275 g/mol. The van der Waals surface area contributed by atoms with Gasteiger partial charge in [-0.15, -0.1) is 6.58 Å². The van der Waals surface area contributed by atoms with E-state index in [0.29, 0.717) is 25.8 Å². The minimum atomic E-state index is -0.335. The standard InChI is InChI=1S/C16H21NO3/c1-2-6-14-11-15(18)9-10-17(14)16(19)20-12-13-7-4-3-5-8-13/h2-5,7-8,14-15,18H,1,6,9-12H2/t14-,15?/m0/s1. The third-order valence-corrected chi connectivity index (χ3v) is 3.57. The quantitative estimate of drug-likeness (QED) is 0.860. The number of aliphatic hydroxyl groups is 1. The number of carbonyl (C=O) groups is 1. The van der Waals surface area contributed by atoms with E-state index in [-0.39, 0.29) is 24.8 Å². The monoisotopic (exact) mass is 275 g/mol. The van der Waals surface area contributed by atoms with Crippen molar-refractivity contribution >= 4 is 6.09 Å². The van der Waals surface area contributed by atoms with Crippen LogP contribution < -0.4 is 0 Å². The zero-order chi connectivity index (χ0) is 14.4. The van der Waals surface area contributed by atoms with Crippen LogP contribution in [0.5, 0.6) is 0 Å². The number of aliphatic hydroxyl groups excluding tert-OH is 1. The molecule has 2 rings (SSSR count). The fourth-order valence-corrected chi connectivity index (χ4v) is 2.49. The molecule has 1 aliphatic heterocycles. The molecule has 2 atom stereocenters. The van der Waals surface area contributed by atoms with Gasteiger partial charge in [-0.2, -0.15) is 0 Å². The van der Waals surface area contributed by atoms with Crippen LogP contribution in [0.4, 0.5) is 4.79 Å². The van der Waals surface area contributed by atoms with E-state index >= 15 is 0 Å². The highest BCUT2D eigenvalue weighted by atomic mass is 16.6. The van der Waals surface area contributed by atoms with Crippen LogP contribution in [0.3, 0.4) is 0 Å². The van der Waals surface area contributed by atoms with Crippen molar-refractivity contribution < 1.29 is 14.6 Å². The first-order valence-corrected chi connectivity index (χ1v) is 6.97. The smallest absolute Gasteiger partial charge is 0.410 e. The summed E-state index contributed by atoms with van der Waals surface area (Å²) in [6, 6.07) is 9.60. The Balaban J connectivity index is 1.91. The van der Waals surface area contributed by atoms with Crippen LogP contribution in [0.15, 0.2) is 43.0 Å². The highest BCUT2D eigenvalue weighted by Crippen LogP contribution is 2.21. The maximum atomic E-state index is 12.2. The van der Waals surface area contributed by atoms with E-state index in [2.05, 4.69) is 6.58 Å². The predicted octanol–water partition coefficient (Wildman–Crippen LogP) is 2.72. The van der Waals surface area contributed by atoms with Crippen molar-refractivity contribution in [3.8, 4) is 0 Å². The van der Waals surface area contributed by atoms with Gasteiger partial charge in [0.2, 0.25) is 0 Å². The fraction of sp³-hybridized carbons (Fsp3) is 0.438. The lowest BCUT2D eigenvalue weighted by Gasteiger charge is -2.36. The molecule has 0 radical (unpaired) electrons. The van der Waals surface area contributed by atoms with Gasteiger partial charge in [0.1, 0.15) is 6.61 Å². The number of nitrogens with zero attached hydrogens (tertiary/aromatic N) is 1. The number of hydrogen-bond acceptors (Lipinski definition) is 3. The summed E-state index contributed by atoms with van der Waals surface area (Å²) in [7, 11) is 0. The van der Waals surface area contributed by atoms with Crippen LogP contribution in [-0.4, -0.2) is 34.8 Å². The summed E-state index contributed by atoms with van der Waals surface area (Å²) >= 11 is 0. The van der Waals surface area contributed by atoms with Crippen LogP contribution in [0.25, 0.3) is 0 Å². The van der Waals surface area contributed by atoms with Crippen LogP contribution in [0, 0.1) is 0 Å².